The Balaban J connectivity index is 1.51. The molecule has 8 nitrogen and oxygen atoms in total. The molecule has 2 heterocycles. The van der Waals surface area contributed by atoms with Gasteiger partial charge in [0.25, 0.3) is 5.91 Å². The lowest BCUT2D eigenvalue weighted by Gasteiger charge is -2.17. The summed E-state index contributed by atoms with van der Waals surface area (Å²) in [6, 6.07) is 11.0. The lowest BCUT2D eigenvalue weighted by molar-refractivity contribution is -0.137. The van der Waals surface area contributed by atoms with Gasteiger partial charge in [-0.15, -0.1) is 0 Å². The van der Waals surface area contributed by atoms with Crippen LogP contribution in [-0.2, 0) is 17.5 Å². The Morgan fingerprint density at radius 2 is 1.89 bits per heavy atom. The molecule has 1 aliphatic rings. The van der Waals surface area contributed by atoms with E-state index in [9.17, 15) is 22.8 Å². The summed E-state index contributed by atoms with van der Waals surface area (Å²) in [4.78, 5) is 32.4. The molecule has 1 atom stereocenters. The quantitative estimate of drug-likeness (QED) is 0.389. The SMILES string of the molecule is C[C@@H](NC(=O)c1ccnc(C2=CCOCC2)n1)c1ccc(-c2cc(C(F)(F)F)ccc2CNC(=O)O)cc1. The molecule has 2 aromatic carbocycles. The van der Waals surface area contributed by atoms with Crippen molar-refractivity contribution in [3.8, 4) is 11.1 Å². The van der Waals surface area contributed by atoms with Crippen LogP contribution in [0.25, 0.3) is 16.7 Å². The highest BCUT2D eigenvalue weighted by atomic mass is 19.4. The molecule has 1 aromatic heterocycles. The van der Waals surface area contributed by atoms with Gasteiger partial charge in [-0.25, -0.2) is 14.8 Å². The Morgan fingerprint density at radius 1 is 1.13 bits per heavy atom. The predicted octanol–water partition coefficient (Wildman–Crippen LogP) is 5.22. The van der Waals surface area contributed by atoms with Crippen LogP contribution in [0.5, 0.6) is 0 Å². The van der Waals surface area contributed by atoms with Gasteiger partial charge in [-0.05, 0) is 59.4 Å². The molecule has 0 saturated carbocycles. The Hall–Kier alpha value is -4.25. The lowest BCUT2D eigenvalue weighted by Crippen LogP contribution is -2.27. The molecule has 0 aliphatic carbocycles. The van der Waals surface area contributed by atoms with Crippen LogP contribution in [0.2, 0.25) is 0 Å². The number of aromatic nitrogens is 2. The third-order valence-corrected chi connectivity index (χ3v) is 6.08. The summed E-state index contributed by atoms with van der Waals surface area (Å²) >= 11 is 0. The van der Waals surface area contributed by atoms with E-state index in [-0.39, 0.29) is 17.8 Å². The van der Waals surface area contributed by atoms with E-state index in [0.29, 0.717) is 36.6 Å². The smallest absolute Gasteiger partial charge is 0.416 e. The monoisotopic (exact) mass is 526 g/mol. The molecule has 0 radical (unpaired) electrons. The molecule has 0 unspecified atom stereocenters. The molecule has 11 heteroatoms. The number of rotatable bonds is 7. The van der Waals surface area contributed by atoms with Gasteiger partial charge in [0.05, 0.1) is 24.8 Å². The van der Waals surface area contributed by atoms with E-state index in [4.69, 9.17) is 9.84 Å². The van der Waals surface area contributed by atoms with E-state index < -0.39 is 29.8 Å². The van der Waals surface area contributed by atoms with Crippen molar-refractivity contribution in [3.05, 3.63) is 89.0 Å². The van der Waals surface area contributed by atoms with Gasteiger partial charge >= 0.3 is 12.3 Å². The first kappa shape index (κ1) is 26.8. The van der Waals surface area contributed by atoms with E-state index in [0.717, 1.165) is 23.3 Å². The van der Waals surface area contributed by atoms with Crippen molar-refractivity contribution in [2.45, 2.75) is 32.1 Å². The summed E-state index contributed by atoms with van der Waals surface area (Å²) in [6.45, 7) is 2.67. The summed E-state index contributed by atoms with van der Waals surface area (Å²) in [5.74, 6) is 0.0880. The number of alkyl halides is 3. The van der Waals surface area contributed by atoms with Crippen LogP contribution < -0.4 is 10.6 Å². The molecule has 0 fully saturated rings. The highest BCUT2D eigenvalue weighted by Crippen LogP contribution is 2.34. The minimum atomic E-state index is -4.55. The predicted molar refractivity (Wildman–Crippen MR) is 133 cm³/mol. The second-order valence-corrected chi connectivity index (χ2v) is 8.67. The van der Waals surface area contributed by atoms with Crippen molar-refractivity contribution in [1.29, 1.82) is 0 Å². The summed E-state index contributed by atoms with van der Waals surface area (Å²) in [6.07, 6.45) is -1.75. The van der Waals surface area contributed by atoms with Gasteiger partial charge in [-0.3, -0.25) is 4.79 Å². The van der Waals surface area contributed by atoms with Crippen LogP contribution in [0, 0.1) is 0 Å². The summed E-state index contributed by atoms with van der Waals surface area (Å²) in [5.41, 5.74) is 2.15. The first-order valence-electron chi connectivity index (χ1n) is 11.8. The van der Waals surface area contributed by atoms with Crippen LogP contribution in [0.1, 0.15) is 52.4 Å². The number of nitrogens with zero attached hydrogens (tertiary/aromatic N) is 2. The molecule has 4 rings (SSSR count). The maximum absolute atomic E-state index is 13.3. The molecule has 0 saturated heterocycles. The highest BCUT2D eigenvalue weighted by molar-refractivity contribution is 5.92. The average molecular weight is 527 g/mol. The molecule has 38 heavy (non-hydrogen) atoms. The fraction of sp³-hybridized carbons (Fsp3) is 0.259. The zero-order valence-corrected chi connectivity index (χ0v) is 20.4. The van der Waals surface area contributed by atoms with E-state index in [1.165, 1.54) is 18.3 Å². The van der Waals surface area contributed by atoms with Crippen molar-refractivity contribution in [2.75, 3.05) is 13.2 Å². The number of benzene rings is 2. The van der Waals surface area contributed by atoms with Crippen LogP contribution in [0.15, 0.2) is 60.8 Å². The third-order valence-electron chi connectivity index (χ3n) is 6.08. The Labute approximate surface area is 216 Å². The number of carboxylic acid groups (broad SMARTS) is 1. The summed E-state index contributed by atoms with van der Waals surface area (Å²) in [5, 5.41) is 14.0. The van der Waals surface area contributed by atoms with Gasteiger partial charge in [0, 0.05) is 12.7 Å². The first-order valence-corrected chi connectivity index (χ1v) is 11.8. The minimum Gasteiger partial charge on any atom is -0.465 e. The van der Waals surface area contributed by atoms with E-state index in [1.54, 1.807) is 31.2 Å². The van der Waals surface area contributed by atoms with Crippen molar-refractivity contribution in [2.24, 2.45) is 0 Å². The van der Waals surface area contributed by atoms with Crippen LogP contribution >= 0.6 is 0 Å². The van der Waals surface area contributed by atoms with E-state index in [1.807, 2.05) is 6.08 Å². The molecular formula is C27H25F3N4O4. The number of carbonyl (C=O) groups is 2. The number of ether oxygens (including phenoxy) is 1. The third kappa shape index (κ3) is 6.54. The van der Waals surface area contributed by atoms with Gasteiger partial charge < -0.3 is 20.5 Å². The Morgan fingerprint density at radius 3 is 2.55 bits per heavy atom. The van der Waals surface area contributed by atoms with Crippen LogP contribution in [0.4, 0.5) is 18.0 Å². The molecule has 1 aliphatic heterocycles. The van der Waals surface area contributed by atoms with Gasteiger partial charge in [-0.2, -0.15) is 13.2 Å². The molecule has 0 spiro atoms. The molecule has 0 bridgehead atoms. The second kappa shape index (κ2) is 11.4. The highest BCUT2D eigenvalue weighted by Gasteiger charge is 2.31. The molecule has 2 amide bonds. The summed E-state index contributed by atoms with van der Waals surface area (Å²) < 4.78 is 45.3. The largest absolute Gasteiger partial charge is 0.465 e. The van der Waals surface area contributed by atoms with Crippen LogP contribution in [-0.4, -0.2) is 40.3 Å². The fourth-order valence-corrected chi connectivity index (χ4v) is 4.02. The van der Waals surface area contributed by atoms with Crippen molar-refractivity contribution < 1.29 is 32.6 Å². The van der Waals surface area contributed by atoms with Crippen molar-refractivity contribution in [1.82, 2.24) is 20.6 Å². The van der Waals surface area contributed by atoms with Gasteiger partial charge in [0.2, 0.25) is 0 Å². The Bertz CT molecular complexity index is 1360. The van der Waals surface area contributed by atoms with Crippen molar-refractivity contribution in [3.63, 3.8) is 0 Å². The number of hydrogen-bond acceptors (Lipinski definition) is 5. The normalized spacial score (nSPS) is 14.4. The Kier molecular flexibility index (Phi) is 8.06. The maximum Gasteiger partial charge on any atom is 0.416 e. The standard InChI is InChI=1S/C27H25F3N4O4/c1-16(33-25(35)23-8-11-31-24(34-23)19-9-12-38-13-10-19)17-2-4-18(5-3-17)22-14-21(27(28,29)30)7-6-20(22)15-32-26(36)37/h2-9,11,14,16,32H,10,12-13,15H2,1H3,(H,33,35)(H,36,37)/t16-/m1/s1. The second-order valence-electron chi connectivity index (χ2n) is 8.67. The molecule has 3 N–H and O–H groups in total. The van der Waals surface area contributed by atoms with Crippen LogP contribution in [0.3, 0.4) is 0 Å². The van der Waals surface area contributed by atoms with E-state index >= 15 is 0 Å². The number of nitrogens with one attached hydrogen (secondary N) is 2. The van der Waals surface area contributed by atoms with Crippen molar-refractivity contribution >= 4 is 17.6 Å². The minimum absolute atomic E-state index is 0.151. The molecular weight excluding hydrogens is 501 g/mol. The lowest BCUT2D eigenvalue weighted by atomic mass is 9.95. The van der Waals surface area contributed by atoms with Gasteiger partial charge in [0.15, 0.2) is 5.82 Å². The number of halogens is 3. The average Bonchev–Trinajstić information content (AvgIpc) is 2.92. The first-order chi connectivity index (χ1) is 18.1. The fourth-order valence-electron chi connectivity index (χ4n) is 4.02. The van der Waals surface area contributed by atoms with E-state index in [2.05, 4.69) is 20.6 Å². The number of carbonyl (C=O) groups excluding carboxylic acids is 1. The molecule has 198 valence electrons. The number of hydrogen-bond donors (Lipinski definition) is 3. The van der Waals surface area contributed by atoms with Gasteiger partial charge in [0.1, 0.15) is 5.69 Å². The zero-order valence-electron chi connectivity index (χ0n) is 20.4. The zero-order chi connectivity index (χ0) is 27.3. The summed E-state index contributed by atoms with van der Waals surface area (Å²) in [7, 11) is 0. The number of amides is 2. The molecule has 3 aromatic rings. The topological polar surface area (TPSA) is 113 Å². The maximum atomic E-state index is 13.3. The van der Waals surface area contributed by atoms with Gasteiger partial charge in [-0.1, -0.05) is 36.4 Å².